The van der Waals surface area contributed by atoms with Crippen LogP contribution in [-0.4, -0.2) is 29.0 Å². The molecule has 1 unspecified atom stereocenters. The van der Waals surface area contributed by atoms with E-state index in [0.29, 0.717) is 18.0 Å². The highest BCUT2D eigenvalue weighted by Gasteiger charge is 2.38. The number of carbonyl (C=O) groups is 2. The van der Waals surface area contributed by atoms with Crippen LogP contribution in [0.15, 0.2) is 18.2 Å². The van der Waals surface area contributed by atoms with E-state index in [4.69, 9.17) is 10.5 Å². The van der Waals surface area contributed by atoms with Crippen molar-refractivity contribution >= 4 is 12.0 Å². The minimum atomic E-state index is -0.524. The Bertz CT molecular complexity index is 687. The van der Waals surface area contributed by atoms with Crippen LogP contribution in [0.5, 0.6) is 0 Å². The molecule has 5 heteroatoms. The average Bonchev–Trinajstić information content (AvgIpc) is 2.59. The molecule has 0 bridgehead atoms. The number of nitrogens with two attached hydrogens (primary N) is 1. The number of amides is 2. The van der Waals surface area contributed by atoms with Crippen molar-refractivity contribution in [3.63, 3.8) is 0 Å². The largest absolute Gasteiger partial charge is 0.444 e. The van der Waals surface area contributed by atoms with E-state index in [9.17, 15) is 9.59 Å². The normalized spacial score (nSPS) is 21.2. The summed E-state index contributed by atoms with van der Waals surface area (Å²) >= 11 is 0. The fourth-order valence-corrected chi connectivity index (χ4v) is 4.28. The van der Waals surface area contributed by atoms with Crippen molar-refractivity contribution in [1.29, 1.82) is 0 Å². The van der Waals surface area contributed by atoms with Crippen molar-refractivity contribution in [2.75, 3.05) is 6.54 Å². The Hall–Kier alpha value is -2.04. The molecule has 1 aromatic rings. The number of nitrogens with zero attached hydrogens (tertiary/aromatic N) is 1. The monoisotopic (exact) mass is 358 g/mol. The summed E-state index contributed by atoms with van der Waals surface area (Å²) in [6.07, 6.45) is 6.35. The Morgan fingerprint density at radius 3 is 2.46 bits per heavy atom. The summed E-state index contributed by atoms with van der Waals surface area (Å²) in [4.78, 5) is 26.5. The molecule has 1 aliphatic carbocycles. The van der Waals surface area contributed by atoms with Gasteiger partial charge in [0.25, 0.3) is 0 Å². The first-order valence-electron chi connectivity index (χ1n) is 9.68. The van der Waals surface area contributed by atoms with Crippen LogP contribution in [0.25, 0.3) is 0 Å². The maximum absolute atomic E-state index is 12.9. The number of hydrogen-bond acceptors (Lipinski definition) is 3. The highest BCUT2D eigenvalue weighted by Crippen LogP contribution is 2.42. The van der Waals surface area contributed by atoms with Crippen molar-refractivity contribution < 1.29 is 14.3 Å². The summed E-state index contributed by atoms with van der Waals surface area (Å²) in [6.45, 7) is 6.33. The molecule has 2 N–H and O–H groups in total. The van der Waals surface area contributed by atoms with Gasteiger partial charge >= 0.3 is 6.09 Å². The molecule has 1 aromatic carbocycles. The van der Waals surface area contributed by atoms with Crippen LogP contribution >= 0.6 is 0 Å². The van der Waals surface area contributed by atoms with Crippen molar-refractivity contribution in [2.24, 2.45) is 11.7 Å². The topological polar surface area (TPSA) is 72.6 Å². The number of benzene rings is 1. The van der Waals surface area contributed by atoms with Gasteiger partial charge < -0.3 is 15.4 Å². The molecule has 0 radical (unpaired) electrons. The van der Waals surface area contributed by atoms with Gasteiger partial charge in [0.05, 0.1) is 6.04 Å². The number of primary amides is 1. The van der Waals surface area contributed by atoms with Crippen LogP contribution in [0.3, 0.4) is 0 Å². The van der Waals surface area contributed by atoms with Crippen LogP contribution < -0.4 is 5.73 Å². The zero-order valence-corrected chi connectivity index (χ0v) is 16.1. The molecular weight excluding hydrogens is 328 g/mol. The maximum atomic E-state index is 12.9. The second kappa shape index (κ2) is 7.29. The first kappa shape index (κ1) is 18.7. The summed E-state index contributed by atoms with van der Waals surface area (Å²) in [5, 5.41) is 0. The summed E-state index contributed by atoms with van der Waals surface area (Å²) in [5.74, 6) is -0.0250. The molecule has 1 heterocycles. The van der Waals surface area contributed by atoms with Crippen molar-refractivity contribution in [2.45, 2.75) is 70.9 Å². The zero-order chi connectivity index (χ0) is 18.9. The van der Waals surface area contributed by atoms with Gasteiger partial charge in [-0.05, 0) is 69.2 Å². The minimum absolute atomic E-state index is 0.0341. The van der Waals surface area contributed by atoms with E-state index in [2.05, 4.69) is 0 Å². The van der Waals surface area contributed by atoms with Gasteiger partial charge in [-0.1, -0.05) is 25.3 Å². The molecule has 3 rings (SSSR count). The molecule has 26 heavy (non-hydrogen) atoms. The lowest BCUT2D eigenvalue weighted by Crippen LogP contribution is -2.46. The molecule has 0 spiro atoms. The summed E-state index contributed by atoms with van der Waals surface area (Å²) in [6, 6.07) is 5.65. The van der Waals surface area contributed by atoms with Gasteiger partial charge in [0.2, 0.25) is 5.91 Å². The van der Waals surface area contributed by atoms with Crippen LogP contribution in [0.2, 0.25) is 0 Å². The number of ether oxygens (including phenoxy) is 1. The molecule has 2 aliphatic rings. The van der Waals surface area contributed by atoms with E-state index in [-0.39, 0.29) is 12.1 Å². The van der Waals surface area contributed by atoms with E-state index >= 15 is 0 Å². The number of hydrogen-bond donors (Lipinski definition) is 1. The molecule has 1 saturated carbocycles. The van der Waals surface area contributed by atoms with Gasteiger partial charge in [0.1, 0.15) is 5.60 Å². The maximum Gasteiger partial charge on any atom is 0.410 e. The molecule has 0 aromatic heterocycles. The Balaban J connectivity index is 1.99. The van der Waals surface area contributed by atoms with E-state index in [1.54, 1.807) is 6.07 Å². The van der Waals surface area contributed by atoms with E-state index < -0.39 is 11.5 Å². The van der Waals surface area contributed by atoms with E-state index in [1.165, 1.54) is 24.8 Å². The third kappa shape index (κ3) is 4.02. The van der Waals surface area contributed by atoms with Gasteiger partial charge in [-0.2, -0.15) is 0 Å². The Morgan fingerprint density at radius 1 is 1.15 bits per heavy atom. The molecule has 1 fully saturated rings. The molecule has 142 valence electrons. The highest BCUT2D eigenvalue weighted by molar-refractivity contribution is 5.93. The molecule has 0 saturated heterocycles. The summed E-state index contributed by atoms with van der Waals surface area (Å²) in [7, 11) is 0. The number of fused-ring (bicyclic) bond motifs is 1. The lowest BCUT2D eigenvalue weighted by Gasteiger charge is -2.43. The fourth-order valence-electron chi connectivity index (χ4n) is 4.28. The van der Waals surface area contributed by atoms with Crippen molar-refractivity contribution in [3.05, 3.63) is 34.9 Å². The standard InChI is InChI=1S/C21H30N2O3/c1-21(2,3)26-20(25)23-12-11-14-9-10-16(19(22)24)13-17(14)18(23)15-7-5-4-6-8-15/h9-10,13,15,18H,4-8,11-12H2,1-3H3,(H2,22,24). The predicted molar refractivity (Wildman–Crippen MR) is 101 cm³/mol. The van der Waals surface area contributed by atoms with Crippen LogP contribution in [0, 0.1) is 5.92 Å². The van der Waals surface area contributed by atoms with Crippen molar-refractivity contribution in [3.8, 4) is 0 Å². The van der Waals surface area contributed by atoms with Crippen LogP contribution in [0.1, 0.15) is 80.4 Å². The molecular formula is C21H30N2O3. The van der Waals surface area contributed by atoms with Crippen LogP contribution in [-0.2, 0) is 11.2 Å². The van der Waals surface area contributed by atoms with Gasteiger partial charge in [0.15, 0.2) is 0 Å². The zero-order valence-electron chi connectivity index (χ0n) is 16.1. The number of carbonyl (C=O) groups excluding carboxylic acids is 2. The third-order valence-electron chi connectivity index (χ3n) is 5.43. The molecule has 2 amide bonds. The van der Waals surface area contributed by atoms with Crippen LogP contribution in [0.4, 0.5) is 4.79 Å². The third-order valence-corrected chi connectivity index (χ3v) is 5.43. The average molecular weight is 358 g/mol. The van der Waals surface area contributed by atoms with Gasteiger partial charge in [0, 0.05) is 12.1 Å². The Kier molecular flexibility index (Phi) is 5.26. The van der Waals surface area contributed by atoms with Gasteiger partial charge in [-0.15, -0.1) is 0 Å². The quantitative estimate of drug-likeness (QED) is 0.861. The Labute approximate surface area is 155 Å². The fraction of sp³-hybridized carbons (Fsp3) is 0.619. The first-order valence-corrected chi connectivity index (χ1v) is 9.68. The summed E-state index contributed by atoms with van der Waals surface area (Å²) < 4.78 is 5.69. The lowest BCUT2D eigenvalue weighted by atomic mass is 9.77. The Morgan fingerprint density at radius 2 is 1.85 bits per heavy atom. The molecule has 5 nitrogen and oxygen atoms in total. The second-order valence-corrected chi connectivity index (χ2v) is 8.54. The van der Waals surface area contributed by atoms with Gasteiger partial charge in [-0.25, -0.2) is 4.79 Å². The molecule has 1 atom stereocenters. The van der Waals surface area contributed by atoms with Crippen molar-refractivity contribution in [1.82, 2.24) is 4.90 Å². The van der Waals surface area contributed by atoms with E-state index in [0.717, 1.165) is 24.8 Å². The number of rotatable bonds is 2. The lowest BCUT2D eigenvalue weighted by molar-refractivity contribution is 0.00399. The first-order chi connectivity index (χ1) is 12.3. The SMILES string of the molecule is CC(C)(C)OC(=O)N1CCc2ccc(C(N)=O)cc2C1C1CCCCC1. The minimum Gasteiger partial charge on any atom is -0.444 e. The highest BCUT2D eigenvalue weighted by atomic mass is 16.6. The summed E-state index contributed by atoms with van der Waals surface area (Å²) in [5.41, 5.74) is 7.78. The van der Waals surface area contributed by atoms with Gasteiger partial charge in [-0.3, -0.25) is 4.79 Å². The van der Waals surface area contributed by atoms with E-state index in [1.807, 2.05) is 37.8 Å². The smallest absolute Gasteiger partial charge is 0.410 e. The predicted octanol–water partition coefficient (Wildman–Crippen LogP) is 4.20. The second-order valence-electron chi connectivity index (χ2n) is 8.54. The molecule has 1 aliphatic heterocycles.